The number of carbonyl (C=O) groups is 2. The quantitative estimate of drug-likeness (QED) is 0.591. The standard InChI is InChI=1S/C21H30N4O4/c1-21(2,3)29-19(27)5-4-16-12-17-14-25(7-6-24-8-10-28-11-9-24)15-18(26)23-20(17)22-13-16/h4-5,12-13H,6-11,14-15H2,1-3H3,(H,22,23,26)/b5-4+. The predicted molar refractivity (Wildman–Crippen MR) is 110 cm³/mol. The SMILES string of the molecule is CC(C)(C)OC(=O)/C=C/c1cnc2c(c1)CN(CCN1CCOCC1)CC(=O)N2. The molecular formula is C21H30N4O4. The topological polar surface area (TPSA) is 84.0 Å². The third kappa shape index (κ3) is 6.92. The number of pyridine rings is 1. The highest BCUT2D eigenvalue weighted by Gasteiger charge is 2.21. The van der Waals surface area contributed by atoms with E-state index in [-0.39, 0.29) is 5.91 Å². The number of hydrogen-bond acceptors (Lipinski definition) is 7. The molecule has 0 spiro atoms. The van der Waals surface area contributed by atoms with Gasteiger partial charge in [-0.2, -0.15) is 0 Å². The third-order valence-electron chi connectivity index (χ3n) is 4.66. The van der Waals surface area contributed by atoms with Gasteiger partial charge in [0.15, 0.2) is 0 Å². The number of carbonyl (C=O) groups excluding carboxylic acids is 2. The molecule has 1 N–H and O–H groups in total. The van der Waals surface area contributed by atoms with Gasteiger partial charge in [-0.3, -0.25) is 14.6 Å². The summed E-state index contributed by atoms with van der Waals surface area (Å²) in [5.74, 6) is 0.126. The molecule has 0 aliphatic carbocycles. The molecule has 3 rings (SSSR count). The van der Waals surface area contributed by atoms with E-state index in [4.69, 9.17) is 9.47 Å². The number of nitrogens with one attached hydrogen (secondary N) is 1. The molecule has 2 aliphatic rings. The lowest BCUT2D eigenvalue weighted by atomic mass is 10.1. The van der Waals surface area contributed by atoms with Crippen LogP contribution in [0.5, 0.6) is 0 Å². The second kappa shape index (κ2) is 9.47. The molecule has 3 heterocycles. The summed E-state index contributed by atoms with van der Waals surface area (Å²) in [6, 6.07) is 1.95. The van der Waals surface area contributed by atoms with Gasteiger partial charge in [-0.05, 0) is 38.5 Å². The Labute approximate surface area is 171 Å². The highest BCUT2D eigenvalue weighted by atomic mass is 16.6. The lowest BCUT2D eigenvalue weighted by Gasteiger charge is -2.29. The molecule has 0 saturated carbocycles. The number of nitrogens with zero attached hydrogens (tertiary/aromatic N) is 3. The lowest BCUT2D eigenvalue weighted by molar-refractivity contribution is -0.148. The van der Waals surface area contributed by atoms with Crippen LogP contribution in [0.2, 0.25) is 0 Å². The first-order valence-corrected chi connectivity index (χ1v) is 10.0. The number of aromatic nitrogens is 1. The highest BCUT2D eigenvalue weighted by molar-refractivity contribution is 5.93. The van der Waals surface area contributed by atoms with Crippen molar-refractivity contribution in [2.75, 3.05) is 51.3 Å². The Morgan fingerprint density at radius 3 is 2.69 bits per heavy atom. The maximum atomic E-state index is 12.2. The summed E-state index contributed by atoms with van der Waals surface area (Å²) in [7, 11) is 0. The number of anilines is 1. The minimum atomic E-state index is -0.529. The Morgan fingerprint density at radius 2 is 1.97 bits per heavy atom. The van der Waals surface area contributed by atoms with Gasteiger partial charge in [0.1, 0.15) is 11.4 Å². The highest BCUT2D eigenvalue weighted by Crippen LogP contribution is 2.20. The van der Waals surface area contributed by atoms with Crippen LogP contribution in [0, 0.1) is 0 Å². The number of hydrogen-bond donors (Lipinski definition) is 1. The fraction of sp³-hybridized carbons (Fsp3) is 0.571. The molecule has 29 heavy (non-hydrogen) atoms. The Kier molecular flexibility index (Phi) is 7.00. The molecule has 1 fully saturated rings. The molecule has 1 amide bonds. The van der Waals surface area contributed by atoms with Gasteiger partial charge in [0.25, 0.3) is 0 Å². The Hall–Kier alpha value is -2.29. The number of ether oxygens (including phenoxy) is 2. The Bertz CT molecular complexity index is 766. The second-order valence-corrected chi connectivity index (χ2v) is 8.36. The lowest BCUT2D eigenvalue weighted by Crippen LogP contribution is -2.42. The van der Waals surface area contributed by atoms with E-state index in [0.717, 1.165) is 50.5 Å². The zero-order valence-corrected chi connectivity index (χ0v) is 17.4. The molecule has 8 heteroatoms. The first-order valence-electron chi connectivity index (χ1n) is 10.0. The Morgan fingerprint density at radius 1 is 1.24 bits per heavy atom. The van der Waals surface area contributed by atoms with Crippen LogP contribution in [0.4, 0.5) is 5.82 Å². The van der Waals surface area contributed by atoms with E-state index in [2.05, 4.69) is 20.1 Å². The molecule has 1 saturated heterocycles. The van der Waals surface area contributed by atoms with Crippen LogP contribution in [0.15, 0.2) is 18.3 Å². The molecule has 0 radical (unpaired) electrons. The molecule has 8 nitrogen and oxygen atoms in total. The zero-order valence-electron chi connectivity index (χ0n) is 17.4. The molecule has 2 aliphatic heterocycles. The van der Waals surface area contributed by atoms with Crippen molar-refractivity contribution in [3.05, 3.63) is 29.5 Å². The average molecular weight is 402 g/mol. The van der Waals surface area contributed by atoms with E-state index < -0.39 is 11.6 Å². The van der Waals surface area contributed by atoms with E-state index in [0.29, 0.717) is 18.9 Å². The van der Waals surface area contributed by atoms with Gasteiger partial charge in [0.2, 0.25) is 5.91 Å². The van der Waals surface area contributed by atoms with Crippen molar-refractivity contribution in [2.45, 2.75) is 32.9 Å². The van der Waals surface area contributed by atoms with Crippen molar-refractivity contribution in [3.8, 4) is 0 Å². The zero-order chi connectivity index (χ0) is 20.9. The maximum Gasteiger partial charge on any atom is 0.331 e. The van der Waals surface area contributed by atoms with E-state index >= 15 is 0 Å². The normalized spacial score (nSPS) is 18.9. The number of esters is 1. The van der Waals surface area contributed by atoms with Crippen LogP contribution in [0.25, 0.3) is 6.08 Å². The van der Waals surface area contributed by atoms with Gasteiger partial charge in [-0.15, -0.1) is 0 Å². The van der Waals surface area contributed by atoms with Gasteiger partial charge >= 0.3 is 5.97 Å². The van der Waals surface area contributed by atoms with Gasteiger partial charge < -0.3 is 14.8 Å². The summed E-state index contributed by atoms with van der Waals surface area (Å²) in [5, 5.41) is 2.87. The van der Waals surface area contributed by atoms with Crippen LogP contribution in [0.3, 0.4) is 0 Å². The summed E-state index contributed by atoms with van der Waals surface area (Å²) in [4.78, 5) is 33.0. The molecule has 0 unspecified atom stereocenters. The summed E-state index contributed by atoms with van der Waals surface area (Å²) in [5.41, 5.74) is 1.20. The number of fused-ring (bicyclic) bond motifs is 1. The van der Waals surface area contributed by atoms with E-state index in [1.54, 1.807) is 12.3 Å². The van der Waals surface area contributed by atoms with Crippen LogP contribution in [-0.4, -0.2) is 78.2 Å². The van der Waals surface area contributed by atoms with Crippen LogP contribution in [0.1, 0.15) is 31.9 Å². The fourth-order valence-electron chi connectivity index (χ4n) is 3.29. The minimum absolute atomic E-state index is 0.0599. The average Bonchev–Trinajstić information content (AvgIpc) is 2.81. The maximum absolute atomic E-state index is 12.2. The van der Waals surface area contributed by atoms with Gasteiger partial charge in [0, 0.05) is 50.6 Å². The van der Waals surface area contributed by atoms with Crippen LogP contribution in [-0.2, 0) is 25.6 Å². The molecule has 1 aromatic heterocycles. The van der Waals surface area contributed by atoms with Gasteiger partial charge in [-0.25, -0.2) is 9.78 Å². The van der Waals surface area contributed by atoms with Crippen molar-refractivity contribution in [3.63, 3.8) is 0 Å². The molecule has 158 valence electrons. The first kappa shape index (κ1) is 21.4. The summed E-state index contributed by atoms with van der Waals surface area (Å²) in [6.07, 6.45) is 4.73. The molecule has 0 atom stereocenters. The summed E-state index contributed by atoms with van der Waals surface area (Å²) < 4.78 is 10.7. The molecule has 0 bridgehead atoms. The van der Waals surface area contributed by atoms with E-state index in [1.807, 2.05) is 26.8 Å². The van der Waals surface area contributed by atoms with Gasteiger partial charge in [-0.1, -0.05) is 0 Å². The summed E-state index contributed by atoms with van der Waals surface area (Å²) >= 11 is 0. The van der Waals surface area contributed by atoms with E-state index in [9.17, 15) is 9.59 Å². The monoisotopic (exact) mass is 402 g/mol. The number of amides is 1. The van der Waals surface area contributed by atoms with Crippen molar-refractivity contribution in [1.82, 2.24) is 14.8 Å². The van der Waals surface area contributed by atoms with Crippen molar-refractivity contribution in [1.29, 1.82) is 0 Å². The molecular weight excluding hydrogens is 372 g/mol. The Balaban J connectivity index is 1.65. The van der Waals surface area contributed by atoms with Crippen LogP contribution >= 0.6 is 0 Å². The largest absolute Gasteiger partial charge is 0.457 e. The second-order valence-electron chi connectivity index (χ2n) is 8.36. The number of morpholine rings is 1. The summed E-state index contributed by atoms with van der Waals surface area (Å²) in [6.45, 7) is 11.5. The first-order chi connectivity index (χ1) is 13.8. The minimum Gasteiger partial charge on any atom is -0.457 e. The smallest absolute Gasteiger partial charge is 0.331 e. The van der Waals surface area contributed by atoms with Gasteiger partial charge in [0.05, 0.1) is 19.8 Å². The van der Waals surface area contributed by atoms with Crippen molar-refractivity contribution < 1.29 is 19.1 Å². The fourth-order valence-corrected chi connectivity index (χ4v) is 3.29. The van der Waals surface area contributed by atoms with Crippen molar-refractivity contribution >= 4 is 23.8 Å². The molecule has 1 aromatic rings. The number of rotatable bonds is 5. The van der Waals surface area contributed by atoms with Crippen LogP contribution < -0.4 is 5.32 Å². The third-order valence-corrected chi connectivity index (χ3v) is 4.66. The van der Waals surface area contributed by atoms with E-state index in [1.165, 1.54) is 6.08 Å². The van der Waals surface area contributed by atoms with Crippen molar-refractivity contribution in [2.24, 2.45) is 0 Å². The molecule has 0 aromatic carbocycles. The predicted octanol–water partition coefficient (Wildman–Crippen LogP) is 1.52.